The highest BCUT2D eigenvalue weighted by atomic mass is 19.4. The molecular formula is C13H18F3NO. The van der Waals surface area contributed by atoms with E-state index in [2.05, 4.69) is 5.32 Å². The van der Waals surface area contributed by atoms with Gasteiger partial charge in [-0.1, -0.05) is 17.7 Å². The molecule has 1 atom stereocenters. The number of hydrogen-bond donors (Lipinski definition) is 1. The molecule has 0 bridgehead atoms. The minimum atomic E-state index is -4.11. The number of nitrogens with one attached hydrogen (secondary N) is 1. The van der Waals surface area contributed by atoms with Crippen LogP contribution in [0.2, 0.25) is 0 Å². The van der Waals surface area contributed by atoms with Crippen LogP contribution in [0.5, 0.6) is 5.75 Å². The van der Waals surface area contributed by atoms with E-state index in [4.69, 9.17) is 4.74 Å². The number of ether oxygens (including phenoxy) is 1. The summed E-state index contributed by atoms with van der Waals surface area (Å²) in [6.45, 7) is 4.04. The van der Waals surface area contributed by atoms with Crippen LogP contribution in [0.15, 0.2) is 24.3 Å². The molecule has 102 valence electrons. The Morgan fingerprint density at radius 1 is 1.22 bits per heavy atom. The van der Waals surface area contributed by atoms with Crippen molar-refractivity contribution in [2.75, 3.05) is 13.2 Å². The van der Waals surface area contributed by atoms with Gasteiger partial charge in [-0.2, -0.15) is 13.2 Å². The minimum absolute atomic E-state index is 0.0814. The first-order valence-electron chi connectivity index (χ1n) is 5.86. The van der Waals surface area contributed by atoms with E-state index in [0.717, 1.165) is 11.3 Å². The Balaban J connectivity index is 2.21. The summed E-state index contributed by atoms with van der Waals surface area (Å²) in [5, 5.41) is 2.78. The van der Waals surface area contributed by atoms with E-state index < -0.39 is 12.6 Å². The maximum absolute atomic E-state index is 11.9. The Morgan fingerprint density at radius 3 is 2.39 bits per heavy atom. The van der Waals surface area contributed by atoms with Crippen LogP contribution in [-0.2, 0) is 0 Å². The molecule has 0 spiro atoms. The van der Waals surface area contributed by atoms with Crippen LogP contribution in [0.1, 0.15) is 18.9 Å². The molecule has 0 amide bonds. The SMILES string of the molecule is Cc1ccc(OCC(C)NCCC(F)(F)F)cc1. The monoisotopic (exact) mass is 261 g/mol. The summed E-state index contributed by atoms with van der Waals surface area (Å²) in [5.41, 5.74) is 1.14. The summed E-state index contributed by atoms with van der Waals surface area (Å²) >= 11 is 0. The van der Waals surface area contributed by atoms with Gasteiger partial charge in [0.05, 0.1) is 6.42 Å². The summed E-state index contributed by atoms with van der Waals surface area (Å²) in [6, 6.07) is 7.43. The molecule has 0 aliphatic carbocycles. The molecule has 1 rings (SSSR count). The largest absolute Gasteiger partial charge is 0.492 e. The van der Waals surface area contributed by atoms with Gasteiger partial charge in [0.25, 0.3) is 0 Å². The molecule has 1 aromatic rings. The van der Waals surface area contributed by atoms with E-state index in [1.54, 1.807) is 6.92 Å². The first-order chi connectivity index (χ1) is 8.37. The summed E-state index contributed by atoms with van der Waals surface area (Å²) in [7, 11) is 0. The number of aryl methyl sites for hydroxylation is 1. The van der Waals surface area contributed by atoms with Gasteiger partial charge in [-0.15, -0.1) is 0 Å². The molecule has 0 aromatic heterocycles. The first kappa shape index (κ1) is 14.8. The normalized spacial score (nSPS) is 13.4. The standard InChI is InChI=1S/C13H18F3NO/c1-10-3-5-12(6-4-10)18-9-11(2)17-8-7-13(14,15)16/h3-6,11,17H,7-9H2,1-2H3. The van der Waals surface area contributed by atoms with Gasteiger partial charge in [0, 0.05) is 12.6 Å². The summed E-state index contributed by atoms with van der Waals surface area (Å²) in [5.74, 6) is 0.727. The molecule has 0 saturated heterocycles. The van der Waals surface area contributed by atoms with Crippen molar-refractivity contribution in [2.45, 2.75) is 32.5 Å². The van der Waals surface area contributed by atoms with E-state index in [1.165, 1.54) is 0 Å². The molecule has 2 nitrogen and oxygen atoms in total. The first-order valence-corrected chi connectivity index (χ1v) is 5.86. The quantitative estimate of drug-likeness (QED) is 0.848. The lowest BCUT2D eigenvalue weighted by atomic mass is 10.2. The molecule has 0 aliphatic heterocycles. The average Bonchev–Trinajstić information content (AvgIpc) is 2.26. The third kappa shape index (κ3) is 6.49. The Labute approximate surface area is 105 Å². The number of benzene rings is 1. The predicted molar refractivity (Wildman–Crippen MR) is 64.8 cm³/mol. The van der Waals surface area contributed by atoms with Crippen LogP contribution >= 0.6 is 0 Å². The number of hydrogen-bond acceptors (Lipinski definition) is 2. The van der Waals surface area contributed by atoms with Crippen LogP contribution in [0.4, 0.5) is 13.2 Å². The number of alkyl halides is 3. The predicted octanol–water partition coefficient (Wildman–Crippen LogP) is 3.30. The van der Waals surface area contributed by atoms with Crippen molar-refractivity contribution in [2.24, 2.45) is 0 Å². The second kappa shape index (κ2) is 6.64. The summed E-state index contributed by atoms with van der Waals surface area (Å²) in [6.07, 6.45) is -4.92. The van der Waals surface area contributed by atoms with Gasteiger partial charge in [-0.05, 0) is 26.0 Å². The van der Waals surface area contributed by atoms with Crippen molar-refractivity contribution in [1.82, 2.24) is 5.32 Å². The fourth-order valence-corrected chi connectivity index (χ4v) is 1.37. The maximum atomic E-state index is 11.9. The number of rotatable bonds is 6. The minimum Gasteiger partial charge on any atom is -0.492 e. The molecular weight excluding hydrogens is 243 g/mol. The molecule has 0 radical (unpaired) electrons. The number of halogens is 3. The highest BCUT2D eigenvalue weighted by Gasteiger charge is 2.26. The fraction of sp³-hybridized carbons (Fsp3) is 0.538. The molecule has 1 unspecified atom stereocenters. The van der Waals surface area contributed by atoms with Crippen LogP contribution in [-0.4, -0.2) is 25.4 Å². The average molecular weight is 261 g/mol. The molecule has 0 aliphatic rings. The molecule has 1 N–H and O–H groups in total. The lowest BCUT2D eigenvalue weighted by molar-refractivity contribution is -0.133. The summed E-state index contributed by atoms with van der Waals surface area (Å²) in [4.78, 5) is 0. The van der Waals surface area contributed by atoms with E-state index in [1.807, 2.05) is 31.2 Å². The van der Waals surface area contributed by atoms with E-state index in [0.29, 0.717) is 6.61 Å². The van der Waals surface area contributed by atoms with Crippen LogP contribution < -0.4 is 10.1 Å². The second-order valence-corrected chi connectivity index (χ2v) is 4.34. The topological polar surface area (TPSA) is 21.3 Å². The van der Waals surface area contributed by atoms with E-state index in [9.17, 15) is 13.2 Å². The fourth-order valence-electron chi connectivity index (χ4n) is 1.37. The van der Waals surface area contributed by atoms with Crippen molar-refractivity contribution in [3.05, 3.63) is 29.8 Å². The third-order valence-corrected chi connectivity index (χ3v) is 2.42. The maximum Gasteiger partial charge on any atom is 0.390 e. The van der Waals surface area contributed by atoms with E-state index >= 15 is 0 Å². The highest BCUT2D eigenvalue weighted by molar-refractivity contribution is 5.26. The summed E-state index contributed by atoms with van der Waals surface area (Å²) < 4.78 is 41.2. The van der Waals surface area contributed by atoms with Gasteiger partial charge in [0.1, 0.15) is 12.4 Å². The molecule has 0 fully saturated rings. The van der Waals surface area contributed by atoms with Crippen molar-refractivity contribution in [3.8, 4) is 5.75 Å². The van der Waals surface area contributed by atoms with Gasteiger partial charge < -0.3 is 10.1 Å². The molecule has 1 aromatic carbocycles. The zero-order valence-electron chi connectivity index (χ0n) is 10.6. The van der Waals surface area contributed by atoms with Crippen molar-refractivity contribution in [3.63, 3.8) is 0 Å². The Hall–Kier alpha value is -1.23. The zero-order valence-corrected chi connectivity index (χ0v) is 10.6. The molecule has 0 heterocycles. The second-order valence-electron chi connectivity index (χ2n) is 4.34. The Kier molecular flexibility index (Phi) is 5.47. The van der Waals surface area contributed by atoms with Gasteiger partial charge in [-0.3, -0.25) is 0 Å². The molecule has 0 saturated carbocycles. The lowest BCUT2D eigenvalue weighted by Gasteiger charge is -2.15. The Morgan fingerprint density at radius 2 is 1.83 bits per heavy atom. The Bertz CT molecular complexity index is 348. The van der Waals surface area contributed by atoms with Gasteiger partial charge in [0.15, 0.2) is 0 Å². The smallest absolute Gasteiger partial charge is 0.390 e. The van der Waals surface area contributed by atoms with Crippen LogP contribution in [0.3, 0.4) is 0 Å². The van der Waals surface area contributed by atoms with E-state index in [-0.39, 0.29) is 12.6 Å². The van der Waals surface area contributed by atoms with Gasteiger partial charge in [-0.25, -0.2) is 0 Å². The van der Waals surface area contributed by atoms with Crippen LogP contribution in [0, 0.1) is 6.92 Å². The van der Waals surface area contributed by atoms with Gasteiger partial charge in [0.2, 0.25) is 0 Å². The highest BCUT2D eigenvalue weighted by Crippen LogP contribution is 2.18. The molecule has 18 heavy (non-hydrogen) atoms. The van der Waals surface area contributed by atoms with Gasteiger partial charge >= 0.3 is 6.18 Å². The zero-order chi connectivity index (χ0) is 13.6. The van der Waals surface area contributed by atoms with Crippen LogP contribution in [0.25, 0.3) is 0 Å². The third-order valence-electron chi connectivity index (χ3n) is 2.42. The van der Waals surface area contributed by atoms with Crippen molar-refractivity contribution < 1.29 is 17.9 Å². The van der Waals surface area contributed by atoms with Crippen molar-refractivity contribution in [1.29, 1.82) is 0 Å². The van der Waals surface area contributed by atoms with Crippen molar-refractivity contribution >= 4 is 0 Å². The lowest BCUT2D eigenvalue weighted by Crippen LogP contribution is -2.34. The molecule has 5 heteroatoms.